The van der Waals surface area contributed by atoms with Gasteiger partial charge >= 0.3 is 5.97 Å². The summed E-state index contributed by atoms with van der Waals surface area (Å²) >= 11 is 1.73. The molecule has 196 valence electrons. The lowest BCUT2D eigenvalue weighted by molar-refractivity contribution is -0.309. The van der Waals surface area contributed by atoms with Crippen LogP contribution in [0.1, 0.15) is 31.7 Å². The van der Waals surface area contributed by atoms with Crippen LogP contribution in [0.4, 0.5) is 0 Å². The van der Waals surface area contributed by atoms with Crippen molar-refractivity contribution in [3.63, 3.8) is 0 Å². The first-order valence-electron chi connectivity index (χ1n) is 11.7. The summed E-state index contributed by atoms with van der Waals surface area (Å²) in [5.74, 6) is 3.69. The van der Waals surface area contributed by atoms with Crippen molar-refractivity contribution in [2.45, 2.75) is 56.3 Å². The SMILES string of the molecule is CCSCCCO[C@]1(C(=O)ON)CC(O)[C@@H](NC)C(C(O)CCNC(=O)/C=C/c2ccccc2)O1. The molecular formula is C24H37N3O7S. The molecule has 10 nitrogen and oxygen atoms in total. The van der Waals surface area contributed by atoms with Gasteiger partial charge in [0, 0.05) is 19.0 Å². The van der Waals surface area contributed by atoms with Gasteiger partial charge in [0.1, 0.15) is 6.10 Å². The molecule has 1 aliphatic rings. The molecule has 35 heavy (non-hydrogen) atoms. The van der Waals surface area contributed by atoms with E-state index in [-0.39, 0.29) is 31.9 Å². The Morgan fingerprint density at radius 2 is 2.11 bits per heavy atom. The maximum atomic E-state index is 12.5. The third-order valence-corrected chi connectivity index (χ3v) is 6.63. The van der Waals surface area contributed by atoms with Crippen molar-refractivity contribution in [1.82, 2.24) is 10.6 Å². The highest BCUT2D eigenvalue weighted by Crippen LogP contribution is 2.34. The zero-order valence-corrected chi connectivity index (χ0v) is 21.0. The van der Waals surface area contributed by atoms with Gasteiger partial charge in [-0.05, 0) is 43.0 Å². The number of ether oxygens (including phenoxy) is 2. The van der Waals surface area contributed by atoms with Crippen LogP contribution in [0.2, 0.25) is 0 Å². The zero-order chi connectivity index (χ0) is 25.7. The van der Waals surface area contributed by atoms with Gasteiger partial charge in [0.05, 0.1) is 24.9 Å². The summed E-state index contributed by atoms with van der Waals surface area (Å²) in [6.07, 6.45) is 0.415. The number of hydrogen-bond donors (Lipinski definition) is 5. The van der Waals surface area contributed by atoms with Crippen LogP contribution in [0.5, 0.6) is 0 Å². The summed E-state index contributed by atoms with van der Waals surface area (Å²) in [4.78, 5) is 29.1. The smallest absolute Gasteiger partial charge is 0.385 e. The van der Waals surface area contributed by atoms with Gasteiger partial charge in [-0.1, -0.05) is 37.3 Å². The second-order valence-corrected chi connectivity index (χ2v) is 9.51. The van der Waals surface area contributed by atoms with Crippen molar-refractivity contribution in [3.8, 4) is 0 Å². The normalized spacial score (nSPS) is 25.3. The van der Waals surface area contributed by atoms with Crippen LogP contribution in [0.15, 0.2) is 36.4 Å². The standard InChI is InChI=1S/C24H37N3O7S/c1-3-35-15-7-14-32-24(23(31)34-25)16-19(29)21(26-2)22(33-24)18(28)12-13-27-20(30)11-10-17-8-5-4-6-9-17/h4-6,8-11,18-19,21-22,26,28-29H,3,7,12-16,25H2,1-2H3,(H,27,30)/b11-10+/t18?,19?,21-,22?,24-/m1/s1. The molecule has 0 radical (unpaired) electrons. The maximum Gasteiger partial charge on any atom is 0.385 e. The quantitative estimate of drug-likeness (QED) is 0.136. The number of hydrogen-bond acceptors (Lipinski definition) is 10. The number of nitrogens with one attached hydrogen (secondary N) is 2. The van der Waals surface area contributed by atoms with Crippen LogP contribution >= 0.6 is 11.8 Å². The van der Waals surface area contributed by atoms with Gasteiger partial charge in [0.2, 0.25) is 5.91 Å². The molecule has 1 heterocycles. The molecule has 1 aromatic rings. The van der Waals surface area contributed by atoms with E-state index in [0.29, 0.717) is 6.42 Å². The Kier molecular flexibility index (Phi) is 12.7. The van der Waals surface area contributed by atoms with Crippen molar-refractivity contribution in [2.75, 3.05) is 31.7 Å². The molecule has 1 amide bonds. The molecule has 2 rings (SSSR count). The number of aliphatic hydroxyl groups is 2. The molecule has 0 aliphatic carbocycles. The van der Waals surface area contributed by atoms with E-state index in [1.807, 2.05) is 37.3 Å². The predicted molar refractivity (Wildman–Crippen MR) is 134 cm³/mol. The van der Waals surface area contributed by atoms with Crippen molar-refractivity contribution in [1.29, 1.82) is 0 Å². The number of nitrogens with two attached hydrogens (primary N) is 1. The highest BCUT2D eigenvalue weighted by molar-refractivity contribution is 7.99. The minimum Gasteiger partial charge on any atom is -0.391 e. The number of likely N-dealkylation sites (N-methyl/N-ethyl adjacent to an activating group) is 1. The minimum atomic E-state index is -1.94. The lowest BCUT2D eigenvalue weighted by atomic mass is 9.89. The van der Waals surface area contributed by atoms with Crippen LogP contribution in [0.3, 0.4) is 0 Å². The van der Waals surface area contributed by atoms with Gasteiger partial charge in [0.15, 0.2) is 0 Å². The lowest BCUT2D eigenvalue weighted by Gasteiger charge is -2.46. The van der Waals surface area contributed by atoms with Crippen LogP contribution in [-0.4, -0.2) is 83.9 Å². The second kappa shape index (κ2) is 15.2. The fraction of sp³-hybridized carbons (Fsp3) is 0.583. The molecule has 0 saturated carbocycles. The van der Waals surface area contributed by atoms with Gasteiger partial charge < -0.3 is 35.2 Å². The molecule has 1 aromatic carbocycles. The first-order chi connectivity index (χ1) is 16.9. The van der Waals surface area contributed by atoms with Crippen molar-refractivity contribution in [3.05, 3.63) is 42.0 Å². The Bertz CT molecular complexity index is 814. The molecule has 3 unspecified atom stereocenters. The first-order valence-corrected chi connectivity index (χ1v) is 12.9. The Balaban J connectivity index is 1.99. The molecule has 0 bridgehead atoms. The van der Waals surface area contributed by atoms with Crippen LogP contribution in [0, 0.1) is 0 Å². The Morgan fingerprint density at radius 1 is 1.37 bits per heavy atom. The molecule has 11 heteroatoms. The minimum absolute atomic E-state index is 0.112. The summed E-state index contributed by atoms with van der Waals surface area (Å²) in [6, 6.07) is 8.70. The largest absolute Gasteiger partial charge is 0.391 e. The predicted octanol–water partition coefficient (Wildman–Crippen LogP) is 0.578. The molecular weight excluding hydrogens is 474 g/mol. The number of thioether (sulfide) groups is 1. The monoisotopic (exact) mass is 511 g/mol. The third-order valence-electron chi connectivity index (χ3n) is 5.64. The van der Waals surface area contributed by atoms with E-state index in [0.717, 1.165) is 17.1 Å². The highest BCUT2D eigenvalue weighted by atomic mass is 32.2. The lowest BCUT2D eigenvalue weighted by Crippen LogP contribution is -2.66. The van der Waals surface area contributed by atoms with Gasteiger partial charge in [-0.25, -0.2) is 4.79 Å². The summed E-state index contributed by atoms with van der Waals surface area (Å²) in [5, 5.41) is 27.2. The van der Waals surface area contributed by atoms with E-state index in [9.17, 15) is 19.8 Å². The second-order valence-electron chi connectivity index (χ2n) is 8.12. The van der Waals surface area contributed by atoms with Crippen molar-refractivity contribution >= 4 is 29.7 Å². The highest BCUT2D eigenvalue weighted by Gasteiger charge is 2.55. The van der Waals surface area contributed by atoms with E-state index in [1.54, 1.807) is 24.9 Å². The number of carbonyl (C=O) groups is 2. The first kappa shape index (κ1) is 29.2. The van der Waals surface area contributed by atoms with Crippen molar-refractivity contribution < 1.29 is 34.1 Å². The zero-order valence-electron chi connectivity index (χ0n) is 20.2. The molecule has 1 saturated heterocycles. The number of carbonyl (C=O) groups excluding carboxylic acids is 2. The average molecular weight is 512 g/mol. The topological polar surface area (TPSA) is 152 Å². The third kappa shape index (κ3) is 8.87. The fourth-order valence-corrected chi connectivity index (χ4v) is 4.47. The van der Waals surface area contributed by atoms with E-state index < -0.39 is 36.1 Å². The molecule has 0 spiro atoms. The van der Waals surface area contributed by atoms with Crippen LogP contribution < -0.4 is 16.5 Å². The number of rotatable bonds is 14. The van der Waals surface area contributed by atoms with Crippen molar-refractivity contribution in [2.24, 2.45) is 5.90 Å². The van der Waals surface area contributed by atoms with E-state index in [1.165, 1.54) is 6.08 Å². The van der Waals surface area contributed by atoms with E-state index in [4.69, 9.17) is 15.4 Å². The molecule has 1 fully saturated rings. The number of amides is 1. The Morgan fingerprint density at radius 3 is 2.77 bits per heavy atom. The summed E-state index contributed by atoms with van der Waals surface area (Å²) in [5.41, 5.74) is 0.889. The Hall–Kier alpha value is -1.99. The molecule has 1 aliphatic heterocycles. The van der Waals surface area contributed by atoms with Crippen LogP contribution in [-0.2, 0) is 23.9 Å². The molecule has 5 atom stereocenters. The molecule has 6 N–H and O–H groups in total. The summed E-state index contributed by atoms with van der Waals surface area (Å²) in [6.45, 7) is 2.38. The van der Waals surface area contributed by atoms with Gasteiger partial charge in [0.25, 0.3) is 5.79 Å². The average Bonchev–Trinajstić information content (AvgIpc) is 2.87. The summed E-state index contributed by atoms with van der Waals surface area (Å²) in [7, 11) is 1.62. The number of benzene rings is 1. The molecule has 0 aromatic heterocycles. The maximum absolute atomic E-state index is 12.5. The van der Waals surface area contributed by atoms with E-state index in [2.05, 4.69) is 15.5 Å². The van der Waals surface area contributed by atoms with Gasteiger partial charge in [-0.15, -0.1) is 0 Å². The summed E-state index contributed by atoms with van der Waals surface area (Å²) < 4.78 is 11.7. The van der Waals surface area contributed by atoms with Gasteiger partial charge in [-0.2, -0.15) is 17.7 Å². The van der Waals surface area contributed by atoms with Gasteiger partial charge in [-0.3, -0.25) is 4.79 Å². The fourth-order valence-electron chi connectivity index (χ4n) is 3.85. The number of aliphatic hydroxyl groups excluding tert-OH is 2. The van der Waals surface area contributed by atoms with Crippen LogP contribution in [0.25, 0.3) is 6.08 Å². The Labute approximate surface area is 210 Å². The van der Waals surface area contributed by atoms with E-state index >= 15 is 0 Å².